The molecular weight excluding hydrogens is 116 g/mol. The van der Waals surface area contributed by atoms with E-state index in [2.05, 4.69) is 0 Å². The zero-order valence-electron chi connectivity index (χ0n) is 5.51. The molecule has 0 N–H and O–H groups in total. The summed E-state index contributed by atoms with van der Waals surface area (Å²) in [5.74, 6) is 0. The Morgan fingerprint density at radius 1 is 1.22 bits per heavy atom. The summed E-state index contributed by atoms with van der Waals surface area (Å²) in [5, 5.41) is 0. The van der Waals surface area contributed by atoms with Crippen LogP contribution in [0.2, 0.25) is 0 Å². The molecule has 9 heavy (non-hydrogen) atoms. The summed E-state index contributed by atoms with van der Waals surface area (Å²) in [6, 6.07) is 0. The molecular formula is C7H12O2. The Morgan fingerprint density at radius 2 is 1.89 bits per heavy atom. The number of hydrogen-bond acceptors (Lipinski definition) is 2. The third-order valence-corrected chi connectivity index (χ3v) is 1.80. The summed E-state index contributed by atoms with van der Waals surface area (Å²) in [6.07, 6.45) is 6.11. The van der Waals surface area contributed by atoms with Crippen LogP contribution >= 0.6 is 0 Å². The maximum atomic E-state index is 9.85. The van der Waals surface area contributed by atoms with E-state index in [1.807, 2.05) is 0 Å². The second kappa shape index (κ2) is 3.49. The van der Waals surface area contributed by atoms with Gasteiger partial charge in [0, 0.05) is 0 Å². The van der Waals surface area contributed by atoms with E-state index in [1.54, 1.807) is 0 Å². The fourth-order valence-electron chi connectivity index (χ4n) is 1.28. The average Bonchev–Trinajstić information content (AvgIpc) is 1.91. The maximum absolute atomic E-state index is 9.85. The maximum Gasteiger partial charge on any atom is 0.293 e. The predicted octanol–water partition coefficient (Wildman–Crippen LogP) is 1.49. The Hall–Kier alpha value is -0.530. The molecule has 0 heterocycles. The van der Waals surface area contributed by atoms with Crippen LogP contribution in [-0.4, -0.2) is 12.6 Å². The van der Waals surface area contributed by atoms with E-state index < -0.39 is 0 Å². The van der Waals surface area contributed by atoms with Gasteiger partial charge in [0.05, 0.1) is 0 Å². The zero-order chi connectivity index (χ0) is 6.53. The highest BCUT2D eigenvalue weighted by molar-refractivity contribution is 5.37. The molecule has 1 fully saturated rings. The SMILES string of the molecule is O=COC1CCCCC1. The Bertz CT molecular complexity index is 84.9. The molecule has 0 spiro atoms. The Balaban J connectivity index is 2.15. The summed E-state index contributed by atoms with van der Waals surface area (Å²) in [7, 11) is 0. The van der Waals surface area contributed by atoms with Gasteiger partial charge in [-0.25, -0.2) is 0 Å². The van der Waals surface area contributed by atoms with Gasteiger partial charge < -0.3 is 4.74 Å². The normalized spacial score (nSPS) is 21.3. The lowest BCUT2D eigenvalue weighted by atomic mass is 9.98. The molecule has 0 aromatic heterocycles. The molecule has 1 rings (SSSR count). The number of rotatable bonds is 2. The fraction of sp³-hybridized carbons (Fsp3) is 0.857. The number of ether oxygens (including phenoxy) is 1. The number of carbonyl (C=O) groups excluding carboxylic acids is 1. The standard InChI is InChI=1S/C7H12O2/c8-6-9-7-4-2-1-3-5-7/h6-7H,1-5H2. The van der Waals surface area contributed by atoms with Crippen LogP contribution in [0.5, 0.6) is 0 Å². The van der Waals surface area contributed by atoms with Crippen molar-refractivity contribution in [3.05, 3.63) is 0 Å². The first kappa shape index (κ1) is 6.59. The predicted molar refractivity (Wildman–Crippen MR) is 34.0 cm³/mol. The van der Waals surface area contributed by atoms with Crippen molar-refractivity contribution in [2.24, 2.45) is 0 Å². The van der Waals surface area contributed by atoms with Gasteiger partial charge in [-0.15, -0.1) is 0 Å². The molecule has 0 atom stereocenters. The molecule has 1 aliphatic rings. The minimum absolute atomic E-state index is 0.233. The van der Waals surface area contributed by atoms with Crippen molar-refractivity contribution in [1.82, 2.24) is 0 Å². The topological polar surface area (TPSA) is 26.3 Å². The molecule has 1 aliphatic carbocycles. The van der Waals surface area contributed by atoms with Gasteiger partial charge in [-0.1, -0.05) is 6.42 Å². The smallest absolute Gasteiger partial charge is 0.293 e. The van der Waals surface area contributed by atoms with Crippen LogP contribution in [0.15, 0.2) is 0 Å². The van der Waals surface area contributed by atoms with Gasteiger partial charge in [0.1, 0.15) is 6.10 Å². The molecule has 0 amide bonds. The fourth-order valence-corrected chi connectivity index (χ4v) is 1.28. The van der Waals surface area contributed by atoms with Gasteiger partial charge >= 0.3 is 0 Å². The van der Waals surface area contributed by atoms with Crippen LogP contribution in [-0.2, 0) is 9.53 Å². The van der Waals surface area contributed by atoms with Gasteiger partial charge in [0.25, 0.3) is 6.47 Å². The van der Waals surface area contributed by atoms with Crippen LogP contribution in [0, 0.1) is 0 Å². The molecule has 0 radical (unpaired) electrons. The van der Waals surface area contributed by atoms with E-state index in [0.717, 1.165) is 12.8 Å². The van der Waals surface area contributed by atoms with Gasteiger partial charge in [-0.2, -0.15) is 0 Å². The Kier molecular flexibility index (Phi) is 2.55. The molecule has 0 unspecified atom stereocenters. The van der Waals surface area contributed by atoms with Crippen LogP contribution in [0.3, 0.4) is 0 Å². The molecule has 1 saturated carbocycles. The number of hydrogen-bond donors (Lipinski definition) is 0. The van der Waals surface area contributed by atoms with E-state index in [-0.39, 0.29) is 6.10 Å². The van der Waals surface area contributed by atoms with Crippen molar-refractivity contribution in [2.75, 3.05) is 0 Å². The van der Waals surface area contributed by atoms with Crippen LogP contribution in [0.25, 0.3) is 0 Å². The summed E-state index contributed by atoms with van der Waals surface area (Å²) < 4.78 is 4.80. The van der Waals surface area contributed by atoms with Crippen molar-refractivity contribution >= 4 is 6.47 Å². The molecule has 0 aliphatic heterocycles. The molecule has 0 aromatic carbocycles. The molecule has 52 valence electrons. The second-order valence-corrected chi connectivity index (χ2v) is 2.49. The summed E-state index contributed by atoms with van der Waals surface area (Å²) in [5.41, 5.74) is 0. The zero-order valence-corrected chi connectivity index (χ0v) is 5.51. The van der Waals surface area contributed by atoms with E-state index in [1.165, 1.54) is 19.3 Å². The molecule has 2 nitrogen and oxygen atoms in total. The monoisotopic (exact) mass is 128 g/mol. The highest BCUT2D eigenvalue weighted by Crippen LogP contribution is 2.19. The van der Waals surface area contributed by atoms with Gasteiger partial charge in [0.2, 0.25) is 0 Å². The lowest BCUT2D eigenvalue weighted by Crippen LogP contribution is -2.15. The van der Waals surface area contributed by atoms with Crippen molar-refractivity contribution in [3.63, 3.8) is 0 Å². The average molecular weight is 128 g/mol. The summed E-state index contributed by atoms with van der Waals surface area (Å²) in [6.45, 7) is 0.565. The van der Waals surface area contributed by atoms with Crippen LogP contribution in [0.4, 0.5) is 0 Å². The van der Waals surface area contributed by atoms with Crippen LogP contribution in [0.1, 0.15) is 32.1 Å². The first-order chi connectivity index (χ1) is 4.43. The van der Waals surface area contributed by atoms with E-state index >= 15 is 0 Å². The third kappa shape index (κ3) is 2.04. The second-order valence-electron chi connectivity index (χ2n) is 2.49. The van der Waals surface area contributed by atoms with Crippen LogP contribution < -0.4 is 0 Å². The van der Waals surface area contributed by atoms with Crippen molar-refractivity contribution < 1.29 is 9.53 Å². The largest absolute Gasteiger partial charge is 0.465 e. The highest BCUT2D eigenvalue weighted by atomic mass is 16.5. The quantitative estimate of drug-likeness (QED) is 0.527. The van der Waals surface area contributed by atoms with Crippen molar-refractivity contribution in [1.29, 1.82) is 0 Å². The third-order valence-electron chi connectivity index (χ3n) is 1.80. The molecule has 0 bridgehead atoms. The van der Waals surface area contributed by atoms with E-state index in [4.69, 9.17) is 4.74 Å². The van der Waals surface area contributed by atoms with Gasteiger partial charge in [-0.05, 0) is 25.7 Å². The summed E-state index contributed by atoms with van der Waals surface area (Å²) in [4.78, 5) is 9.85. The first-order valence-electron chi connectivity index (χ1n) is 3.52. The number of carbonyl (C=O) groups is 1. The molecule has 0 saturated heterocycles. The van der Waals surface area contributed by atoms with Crippen molar-refractivity contribution in [3.8, 4) is 0 Å². The van der Waals surface area contributed by atoms with Gasteiger partial charge in [-0.3, -0.25) is 4.79 Å². The summed E-state index contributed by atoms with van der Waals surface area (Å²) >= 11 is 0. The van der Waals surface area contributed by atoms with Gasteiger partial charge in [0.15, 0.2) is 0 Å². The molecule has 0 aromatic rings. The minimum atomic E-state index is 0.233. The first-order valence-corrected chi connectivity index (χ1v) is 3.52. The lowest BCUT2D eigenvalue weighted by molar-refractivity contribution is -0.134. The Labute approximate surface area is 55.2 Å². The molecule has 2 heteroatoms. The van der Waals surface area contributed by atoms with Crippen molar-refractivity contribution in [2.45, 2.75) is 38.2 Å². The Morgan fingerprint density at radius 3 is 2.44 bits per heavy atom. The lowest BCUT2D eigenvalue weighted by Gasteiger charge is -2.18. The highest BCUT2D eigenvalue weighted by Gasteiger charge is 2.12. The van der Waals surface area contributed by atoms with E-state index in [0.29, 0.717) is 6.47 Å². The minimum Gasteiger partial charge on any atom is -0.465 e. The van der Waals surface area contributed by atoms with E-state index in [9.17, 15) is 4.79 Å².